The molecule has 0 atom stereocenters. The molecule has 1 aromatic carbocycles. The number of benzene rings is 1. The van der Waals surface area contributed by atoms with E-state index in [1.807, 2.05) is 23.6 Å². The van der Waals surface area contributed by atoms with Crippen LogP contribution in [0.2, 0.25) is 0 Å². The molecule has 0 aliphatic rings. The van der Waals surface area contributed by atoms with E-state index < -0.39 is 6.61 Å². The maximum Gasteiger partial charge on any atom is 0.387 e. The van der Waals surface area contributed by atoms with Crippen molar-refractivity contribution in [3.05, 3.63) is 47.2 Å². The molecule has 0 bridgehead atoms. The van der Waals surface area contributed by atoms with Crippen molar-refractivity contribution in [1.82, 2.24) is 10.1 Å². The van der Waals surface area contributed by atoms with Crippen LogP contribution in [-0.2, 0) is 0 Å². The van der Waals surface area contributed by atoms with Crippen LogP contribution in [0.4, 0.5) is 8.78 Å². The molecule has 0 unspecified atom stereocenters. The van der Waals surface area contributed by atoms with E-state index >= 15 is 0 Å². The fourth-order valence-electron chi connectivity index (χ4n) is 2.16. The van der Waals surface area contributed by atoms with Gasteiger partial charge in [0.25, 0.3) is 5.89 Å². The van der Waals surface area contributed by atoms with Crippen LogP contribution >= 0.6 is 11.3 Å². The van der Waals surface area contributed by atoms with Crippen molar-refractivity contribution < 1.29 is 22.8 Å². The number of rotatable bonds is 6. The first-order valence-corrected chi connectivity index (χ1v) is 8.12. The summed E-state index contributed by atoms with van der Waals surface area (Å²) < 4.78 is 40.1. The average Bonchev–Trinajstić information content (AvgIpc) is 3.31. The molecule has 0 aliphatic heterocycles. The van der Waals surface area contributed by atoms with Crippen LogP contribution in [0.5, 0.6) is 11.5 Å². The summed E-state index contributed by atoms with van der Waals surface area (Å²) in [5.74, 6) is 0.240. The first-order valence-electron chi connectivity index (χ1n) is 7.24. The lowest BCUT2D eigenvalue weighted by atomic mass is 10.1. The fourth-order valence-corrected chi connectivity index (χ4v) is 2.81. The smallest absolute Gasteiger partial charge is 0.387 e. The molecule has 0 aliphatic carbocycles. The van der Waals surface area contributed by atoms with E-state index in [2.05, 4.69) is 14.9 Å². The Balaban J connectivity index is 2.01. The van der Waals surface area contributed by atoms with Crippen molar-refractivity contribution in [3.8, 4) is 28.3 Å². The van der Waals surface area contributed by atoms with Crippen LogP contribution in [0.15, 0.2) is 40.2 Å². The maximum atomic E-state index is 12.7. The summed E-state index contributed by atoms with van der Waals surface area (Å²) in [6, 6.07) is 10.1. The summed E-state index contributed by atoms with van der Waals surface area (Å²) in [6.45, 7) is -3.04. The summed E-state index contributed by atoms with van der Waals surface area (Å²) in [5.41, 5.74) is 0.227. The number of nitrogens with zero attached hydrogens (tertiary/aromatic N) is 3. The third-order valence-corrected chi connectivity index (χ3v) is 4.12. The van der Waals surface area contributed by atoms with Gasteiger partial charge < -0.3 is 14.0 Å². The average molecular weight is 375 g/mol. The number of hydrogen-bond donors (Lipinski definition) is 0. The van der Waals surface area contributed by atoms with Gasteiger partial charge in [0.1, 0.15) is 11.6 Å². The van der Waals surface area contributed by atoms with Crippen molar-refractivity contribution >= 4 is 23.0 Å². The van der Waals surface area contributed by atoms with Crippen molar-refractivity contribution in [3.63, 3.8) is 0 Å². The zero-order chi connectivity index (χ0) is 18.5. The number of para-hydroxylation sites is 1. The Bertz CT molecular complexity index is 962. The predicted molar refractivity (Wildman–Crippen MR) is 90.7 cm³/mol. The Morgan fingerprint density at radius 2 is 2.19 bits per heavy atom. The monoisotopic (exact) mass is 375 g/mol. The van der Waals surface area contributed by atoms with Crippen LogP contribution in [0, 0.1) is 11.3 Å². The van der Waals surface area contributed by atoms with Gasteiger partial charge >= 0.3 is 6.61 Å². The highest BCUT2D eigenvalue weighted by molar-refractivity contribution is 7.13. The molecule has 0 spiro atoms. The van der Waals surface area contributed by atoms with Crippen molar-refractivity contribution in [2.75, 3.05) is 7.11 Å². The molecule has 2 heterocycles. The molecule has 0 radical (unpaired) electrons. The third-order valence-electron chi connectivity index (χ3n) is 3.25. The van der Waals surface area contributed by atoms with E-state index in [4.69, 9.17) is 9.26 Å². The Morgan fingerprint density at radius 3 is 2.85 bits per heavy atom. The number of methoxy groups -OCH3 is 1. The molecule has 0 saturated carbocycles. The Morgan fingerprint density at radius 1 is 1.35 bits per heavy atom. The Labute approximate surface area is 150 Å². The molecule has 9 heteroatoms. The normalized spacial score (nSPS) is 11.4. The second kappa shape index (κ2) is 7.76. The first-order chi connectivity index (χ1) is 12.6. The van der Waals surface area contributed by atoms with E-state index in [-0.39, 0.29) is 28.5 Å². The van der Waals surface area contributed by atoms with Crippen molar-refractivity contribution in [1.29, 1.82) is 5.26 Å². The molecule has 132 valence electrons. The Kier molecular flexibility index (Phi) is 5.24. The Hall–Kier alpha value is -3.25. The van der Waals surface area contributed by atoms with Gasteiger partial charge in [0.2, 0.25) is 5.82 Å². The number of alkyl halides is 2. The van der Waals surface area contributed by atoms with Crippen LogP contribution in [0.25, 0.3) is 22.4 Å². The van der Waals surface area contributed by atoms with Crippen LogP contribution < -0.4 is 9.47 Å². The van der Waals surface area contributed by atoms with Gasteiger partial charge in [0, 0.05) is 5.56 Å². The molecule has 0 N–H and O–H groups in total. The molecule has 0 saturated heterocycles. The van der Waals surface area contributed by atoms with Gasteiger partial charge in [0.15, 0.2) is 11.5 Å². The van der Waals surface area contributed by atoms with Crippen LogP contribution in [-0.4, -0.2) is 23.9 Å². The number of nitriles is 1. The van der Waals surface area contributed by atoms with E-state index in [0.29, 0.717) is 5.82 Å². The van der Waals surface area contributed by atoms with E-state index in [1.54, 1.807) is 6.07 Å². The maximum absolute atomic E-state index is 12.7. The number of ether oxygens (including phenoxy) is 2. The first kappa shape index (κ1) is 17.6. The number of allylic oxidation sites excluding steroid dienone is 1. The number of hydrogen-bond acceptors (Lipinski definition) is 7. The summed E-state index contributed by atoms with van der Waals surface area (Å²) in [4.78, 5) is 4.95. The lowest BCUT2D eigenvalue weighted by molar-refractivity contribution is -0.0513. The zero-order valence-corrected chi connectivity index (χ0v) is 14.2. The van der Waals surface area contributed by atoms with Gasteiger partial charge in [0.05, 0.1) is 12.0 Å². The largest absolute Gasteiger partial charge is 0.493 e. The summed E-state index contributed by atoms with van der Waals surface area (Å²) in [6.07, 6.45) is 1.33. The SMILES string of the molecule is COc1cccc(/C=C(\C#N)c2nc(-c3cccs3)no2)c1OC(F)F. The van der Waals surface area contributed by atoms with E-state index in [1.165, 1.54) is 36.7 Å². The quantitative estimate of drug-likeness (QED) is 0.591. The minimum Gasteiger partial charge on any atom is -0.493 e. The van der Waals surface area contributed by atoms with Gasteiger partial charge in [-0.3, -0.25) is 0 Å². The second-order valence-corrected chi connectivity index (χ2v) is 5.78. The lowest BCUT2D eigenvalue weighted by Gasteiger charge is -2.12. The minimum atomic E-state index is -3.04. The molecule has 6 nitrogen and oxygen atoms in total. The summed E-state index contributed by atoms with van der Waals surface area (Å²) in [5, 5.41) is 15.1. The van der Waals surface area contributed by atoms with Gasteiger partial charge in [-0.25, -0.2) is 0 Å². The molecule has 0 fully saturated rings. The molecular weight excluding hydrogens is 364 g/mol. The zero-order valence-electron chi connectivity index (χ0n) is 13.3. The molecule has 0 amide bonds. The third kappa shape index (κ3) is 3.70. The molecule has 2 aromatic heterocycles. The standard InChI is InChI=1S/C17H11F2N3O3S/c1-23-12-5-2-4-10(14(12)24-17(18)19)8-11(9-20)16-21-15(22-25-16)13-6-3-7-26-13/h2-8,17H,1H3/b11-8+. The van der Waals surface area contributed by atoms with Gasteiger partial charge in [-0.1, -0.05) is 23.4 Å². The topological polar surface area (TPSA) is 81.2 Å². The highest BCUT2D eigenvalue weighted by Gasteiger charge is 2.18. The lowest BCUT2D eigenvalue weighted by Crippen LogP contribution is -2.05. The predicted octanol–water partition coefficient (Wildman–Crippen LogP) is 4.47. The molecule has 3 rings (SSSR count). The summed E-state index contributed by atoms with van der Waals surface area (Å²) in [7, 11) is 1.33. The summed E-state index contributed by atoms with van der Waals surface area (Å²) >= 11 is 1.42. The molecular formula is C17H11F2N3O3S. The van der Waals surface area contributed by atoms with Gasteiger partial charge in [-0.05, 0) is 23.6 Å². The van der Waals surface area contributed by atoms with Gasteiger partial charge in [-0.2, -0.15) is 19.0 Å². The van der Waals surface area contributed by atoms with E-state index in [0.717, 1.165) is 4.88 Å². The number of halogens is 2. The molecule has 3 aromatic rings. The second-order valence-electron chi connectivity index (χ2n) is 4.83. The van der Waals surface area contributed by atoms with Crippen LogP contribution in [0.1, 0.15) is 11.5 Å². The van der Waals surface area contributed by atoms with Crippen molar-refractivity contribution in [2.45, 2.75) is 6.61 Å². The highest BCUT2D eigenvalue weighted by atomic mass is 32.1. The van der Waals surface area contributed by atoms with Crippen LogP contribution in [0.3, 0.4) is 0 Å². The highest BCUT2D eigenvalue weighted by Crippen LogP contribution is 2.35. The van der Waals surface area contributed by atoms with E-state index in [9.17, 15) is 14.0 Å². The van der Waals surface area contributed by atoms with Gasteiger partial charge in [-0.15, -0.1) is 11.3 Å². The number of thiophene rings is 1. The van der Waals surface area contributed by atoms with Crippen molar-refractivity contribution in [2.24, 2.45) is 0 Å². The minimum absolute atomic E-state index is 0.00711. The number of aromatic nitrogens is 2. The molecule has 26 heavy (non-hydrogen) atoms. The fraction of sp³-hybridized carbons (Fsp3) is 0.118.